The molecule has 0 aliphatic carbocycles. The number of methoxy groups -OCH3 is 2. The van der Waals surface area contributed by atoms with Crippen molar-refractivity contribution in [1.82, 2.24) is 14.5 Å². The summed E-state index contributed by atoms with van der Waals surface area (Å²) in [4.78, 5) is 20.7. The average Bonchev–Trinajstić information content (AvgIpc) is 3.17. The molecule has 1 amide bonds. The first-order chi connectivity index (χ1) is 12.1. The summed E-state index contributed by atoms with van der Waals surface area (Å²) < 4.78 is 12.2. The van der Waals surface area contributed by atoms with Crippen LogP contribution in [-0.4, -0.2) is 34.7 Å². The van der Waals surface area contributed by atoms with Gasteiger partial charge in [0.2, 0.25) is 0 Å². The minimum Gasteiger partial charge on any atom is -0.495 e. The van der Waals surface area contributed by atoms with E-state index in [4.69, 9.17) is 21.1 Å². The standard InChI is InChI=1S/C17H15ClN4O3/c1-24-14-8-15(25-2)13(7-12(14)18)21-17(23)11-3-4-16(20-9-11)22-6-5-19-10-22/h3-10H,1-2H3,(H,21,23). The van der Waals surface area contributed by atoms with Gasteiger partial charge >= 0.3 is 0 Å². The van der Waals surface area contributed by atoms with Crippen molar-refractivity contribution < 1.29 is 14.3 Å². The van der Waals surface area contributed by atoms with E-state index in [1.807, 2.05) is 0 Å². The maximum absolute atomic E-state index is 12.4. The molecule has 3 aromatic rings. The third-order valence-electron chi connectivity index (χ3n) is 3.50. The predicted octanol–water partition coefficient (Wildman–Crippen LogP) is 3.19. The maximum atomic E-state index is 12.4. The number of halogens is 1. The zero-order valence-electron chi connectivity index (χ0n) is 13.6. The Kier molecular flexibility index (Phi) is 4.85. The first-order valence-corrected chi connectivity index (χ1v) is 7.67. The smallest absolute Gasteiger partial charge is 0.257 e. The first kappa shape index (κ1) is 16.8. The number of amides is 1. The Bertz CT molecular complexity index is 880. The summed E-state index contributed by atoms with van der Waals surface area (Å²) in [5, 5.41) is 3.13. The van der Waals surface area contributed by atoms with Gasteiger partial charge in [-0.3, -0.25) is 9.36 Å². The second-order valence-electron chi connectivity index (χ2n) is 5.02. The van der Waals surface area contributed by atoms with Gasteiger partial charge in [0.05, 0.1) is 30.5 Å². The predicted molar refractivity (Wildman–Crippen MR) is 93.9 cm³/mol. The van der Waals surface area contributed by atoms with Crippen molar-refractivity contribution in [2.45, 2.75) is 0 Å². The lowest BCUT2D eigenvalue weighted by molar-refractivity contribution is 0.102. The molecule has 7 nitrogen and oxygen atoms in total. The Morgan fingerprint density at radius 3 is 2.60 bits per heavy atom. The lowest BCUT2D eigenvalue weighted by atomic mass is 10.2. The van der Waals surface area contributed by atoms with Gasteiger partial charge in [-0.2, -0.15) is 0 Å². The highest BCUT2D eigenvalue weighted by molar-refractivity contribution is 6.32. The van der Waals surface area contributed by atoms with Crippen molar-refractivity contribution in [1.29, 1.82) is 0 Å². The molecule has 0 fully saturated rings. The fraction of sp³-hybridized carbons (Fsp3) is 0.118. The van der Waals surface area contributed by atoms with Crippen molar-refractivity contribution in [3.63, 3.8) is 0 Å². The van der Waals surface area contributed by atoms with Crippen molar-refractivity contribution in [3.8, 4) is 17.3 Å². The van der Waals surface area contributed by atoms with Crippen molar-refractivity contribution in [2.24, 2.45) is 0 Å². The molecule has 0 radical (unpaired) electrons. The van der Waals surface area contributed by atoms with E-state index in [0.29, 0.717) is 33.6 Å². The van der Waals surface area contributed by atoms with E-state index in [1.165, 1.54) is 20.4 Å². The SMILES string of the molecule is COc1cc(OC)c(NC(=O)c2ccc(-n3ccnc3)nc2)cc1Cl. The third-order valence-corrected chi connectivity index (χ3v) is 3.80. The molecule has 2 heterocycles. The van der Waals surface area contributed by atoms with Gasteiger partial charge in [0.25, 0.3) is 5.91 Å². The van der Waals surface area contributed by atoms with Gasteiger partial charge in [0.1, 0.15) is 23.6 Å². The van der Waals surface area contributed by atoms with Crippen LogP contribution in [0.1, 0.15) is 10.4 Å². The minimum atomic E-state index is -0.329. The van der Waals surface area contributed by atoms with E-state index in [0.717, 1.165) is 0 Å². The molecule has 0 spiro atoms. The van der Waals surface area contributed by atoms with Crippen LogP contribution in [0.2, 0.25) is 5.02 Å². The Hall–Kier alpha value is -3.06. The molecule has 0 aliphatic heterocycles. The quantitative estimate of drug-likeness (QED) is 0.757. The third kappa shape index (κ3) is 3.56. The van der Waals surface area contributed by atoms with Gasteiger partial charge in [-0.1, -0.05) is 11.6 Å². The lowest BCUT2D eigenvalue weighted by Crippen LogP contribution is -2.13. The molecule has 2 aromatic heterocycles. The van der Waals surface area contributed by atoms with E-state index in [2.05, 4.69) is 15.3 Å². The number of hydrogen-bond acceptors (Lipinski definition) is 5. The van der Waals surface area contributed by atoms with Crippen LogP contribution in [0.5, 0.6) is 11.5 Å². The van der Waals surface area contributed by atoms with Crippen LogP contribution in [0.3, 0.4) is 0 Å². The molecular weight excluding hydrogens is 344 g/mol. The number of carbonyl (C=O) groups excluding carboxylic acids is 1. The van der Waals surface area contributed by atoms with Crippen LogP contribution in [0.4, 0.5) is 5.69 Å². The Balaban J connectivity index is 1.81. The summed E-state index contributed by atoms with van der Waals surface area (Å²) in [6.07, 6.45) is 6.54. The van der Waals surface area contributed by atoms with Gasteiger partial charge in [0, 0.05) is 24.7 Å². The van der Waals surface area contributed by atoms with Crippen LogP contribution in [0.25, 0.3) is 5.82 Å². The molecule has 128 valence electrons. The molecule has 0 unspecified atom stereocenters. The van der Waals surface area contributed by atoms with Crippen LogP contribution < -0.4 is 14.8 Å². The summed E-state index contributed by atoms with van der Waals surface area (Å²) in [6, 6.07) is 6.59. The van der Waals surface area contributed by atoms with Gasteiger partial charge in [-0.15, -0.1) is 0 Å². The highest BCUT2D eigenvalue weighted by Crippen LogP contribution is 2.36. The van der Waals surface area contributed by atoms with Gasteiger partial charge in [0.15, 0.2) is 0 Å². The fourth-order valence-electron chi connectivity index (χ4n) is 2.22. The molecule has 1 N–H and O–H groups in total. The number of carbonyl (C=O) groups is 1. The van der Waals surface area contributed by atoms with E-state index in [1.54, 1.807) is 47.6 Å². The van der Waals surface area contributed by atoms with Crippen LogP contribution in [0.15, 0.2) is 49.2 Å². The van der Waals surface area contributed by atoms with Crippen molar-refractivity contribution in [2.75, 3.05) is 19.5 Å². The number of imidazole rings is 1. The summed E-state index contributed by atoms with van der Waals surface area (Å²) >= 11 is 6.11. The average molecular weight is 359 g/mol. The number of nitrogens with zero attached hydrogens (tertiary/aromatic N) is 3. The zero-order chi connectivity index (χ0) is 17.8. The maximum Gasteiger partial charge on any atom is 0.257 e. The molecule has 0 saturated heterocycles. The molecular formula is C17H15ClN4O3. The summed E-state index contributed by atoms with van der Waals surface area (Å²) in [5.74, 6) is 1.24. The number of ether oxygens (including phenoxy) is 2. The number of rotatable bonds is 5. The summed E-state index contributed by atoms with van der Waals surface area (Å²) in [6.45, 7) is 0. The largest absolute Gasteiger partial charge is 0.495 e. The van der Waals surface area contributed by atoms with Crippen molar-refractivity contribution in [3.05, 3.63) is 59.8 Å². The highest BCUT2D eigenvalue weighted by atomic mass is 35.5. The lowest BCUT2D eigenvalue weighted by Gasteiger charge is -2.13. The summed E-state index contributed by atoms with van der Waals surface area (Å²) in [5.41, 5.74) is 0.842. The number of pyridine rings is 1. The monoisotopic (exact) mass is 358 g/mol. The number of hydrogen-bond donors (Lipinski definition) is 1. The van der Waals surface area contributed by atoms with Crippen LogP contribution >= 0.6 is 11.6 Å². The Labute approximate surface area is 149 Å². The summed E-state index contributed by atoms with van der Waals surface area (Å²) in [7, 11) is 3.01. The van der Waals surface area contributed by atoms with E-state index >= 15 is 0 Å². The molecule has 0 saturated carbocycles. The van der Waals surface area contributed by atoms with Crippen LogP contribution in [0, 0.1) is 0 Å². The van der Waals surface area contributed by atoms with E-state index < -0.39 is 0 Å². The van der Waals surface area contributed by atoms with Gasteiger partial charge in [-0.05, 0) is 18.2 Å². The number of aromatic nitrogens is 3. The molecule has 0 bridgehead atoms. The Morgan fingerprint density at radius 2 is 2.00 bits per heavy atom. The molecule has 8 heteroatoms. The van der Waals surface area contributed by atoms with Crippen LogP contribution in [-0.2, 0) is 0 Å². The molecule has 3 rings (SSSR count). The van der Waals surface area contributed by atoms with E-state index in [9.17, 15) is 4.79 Å². The van der Waals surface area contributed by atoms with Gasteiger partial charge in [-0.25, -0.2) is 9.97 Å². The number of anilines is 1. The second kappa shape index (κ2) is 7.23. The first-order valence-electron chi connectivity index (χ1n) is 7.29. The number of benzene rings is 1. The normalized spacial score (nSPS) is 10.4. The Morgan fingerprint density at radius 1 is 1.20 bits per heavy atom. The molecule has 0 aliphatic rings. The molecule has 0 atom stereocenters. The topological polar surface area (TPSA) is 78.3 Å². The fourth-order valence-corrected chi connectivity index (χ4v) is 2.46. The minimum absolute atomic E-state index is 0.329. The number of nitrogens with one attached hydrogen (secondary N) is 1. The highest BCUT2D eigenvalue weighted by Gasteiger charge is 2.14. The van der Waals surface area contributed by atoms with E-state index in [-0.39, 0.29) is 5.91 Å². The molecule has 25 heavy (non-hydrogen) atoms. The zero-order valence-corrected chi connectivity index (χ0v) is 14.3. The van der Waals surface area contributed by atoms with Crippen molar-refractivity contribution >= 4 is 23.2 Å². The molecule has 1 aromatic carbocycles. The second-order valence-corrected chi connectivity index (χ2v) is 5.42. The van der Waals surface area contributed by atoms with Gasteiger partial charge < -0.3 is 14.8 Å².